The largest absolute Gasteiger partial charge is 0.478 e. The minimum atomic E-state index is -1.13. The molecule has 2 aromatic carbocycles. The van der Waals surface area contributed by atoms with Crippen molar-refractivity contribution >= 4 is 23.7 Å². The van der Waals surface area contributed by atoms with E-state index in [1.807, 2.05) is 6.07 Å². The van der Waals surface area contributed by atoms with E-state index in [-0.39, 0.29) is 11.1 Å². The highest BCUT2D eigenvalue weighted by molar-refractivity contribution is 7.99. The van der Waals surface area contributed by atoms with Crippen LogP contribution in [-0.2, 0) is 4.74 Å². The normalized spacial score (nSPS) is 9.82. The Kier molecular flexibility index (Phi) is 4.81. The Labute approximate surface area is 131 Å². The molecule has 0 unspecified atom stereocenters. The van der Waals surface area contributed by atoms with Crippen LogP contribution in [0.5, 0.6) is 0 Å². The van der Waals surface area contributed by atoms with Gasteiger partial charge < -0.3 is 9.84 Å². The number of nitriles is 1. The van der Waals surface area contributed by atoms with Crippen LogP contribution in [0.1, 0.15) is 26.3 Å². The minimum absolute atomic E-state index is 0.0205. The molecule has 0 atom stereocenters. The predicted molar refractivity (Wildman–Crippen MR) is 80.0 cm³/mol. The lowest BCUT2D eigenvalue weighted by molar-refractivity contribution is 0.0599. The molecule has 0 radical (unpaired) electrons. The van der Waals surface area contributed by atoms with Crippen molar-refractivity contribution in [3.05, 3.63) is 59.2 Å². The van der Waals surface area contributed by atoms with E-state index in [1.165, 1.54) is 31.0 Å². The molecule has 0 aliphatic heterocycles. The number of nitrogens with zero attached hydrogens (tertiary/aromatic N) is 1. The molecule has 0 aromatic heterocycles. The molecule has 2 rings (SSSR count). The molecule has 2 aromatic rings. The highest BCUT2D eigenvalue weighted by atomic mass is 32.2. The van der Waals surface area contributed by atoms with Gasteiger partial charge in [0.25, 0.3) is 0 Å². The minimum Gasteiger partial charge on any atom is -0.478 e. The molecular formula is C16H11NO4S. The summed E-state index contributed by atoms with van der Waals surface area (Å²) in [4.78, 5) is 23.9. The van der Waals surface area contributed by atoms with E-state index in [0.717, 1.165) is 9.79 Å². The second-order valence-corrected chi connectivity index (χ2v) is 5.39. The van der Waals surface area contributed by atoms with Crippen LogP contribution in [0, 0.1) is 11.3 Å². The first kappa shape index (κ1) is 15.6. The van der Waals surface area contributed by atoms with Crippen molar-refractivity contribution in [1.82, 2.24) is 0 Å². The third kappa shape index (κ3) is 3.45. The molecule has 0 saturated heterocycles. The average molecular weight is 313 g/mol. The van der Waals surface area contributed by atoms with E-state index >= 15 is 0 Å². The summed E-state index contributed by atoms with van der Waals surface area (Å²) < 4.78 is 4.62. The van der Waals surface area contributed by atoms with Gasteiger partial charge in [-0.25, -0.2) is 9.59 Å². The van der Waals surface area contributed by atoms with E-state index < -0.39 is 11.9 Å². The Hall–Kier alpha value is -2.78. The second kappa shape index (κ2) is 6.78. The number of carboxylic acid groups (broad SMARTS) is 1. The highest BCUT2D eigenvalue weighted by Crippen LogP contribution is 2.29. The second-order valence-electron chi connectivity index (χ2n) is 4.24. The smallest absolute Gasteiger partial charge is 0.337 e. The summed E-state index contributed by atoms with van der Waals surface area (Å²) in [6, 6.07) is 13.3. The van der Waals surface area contributed by atoms with Crippen molar-refractivity contribution in [2.75, 3.05) is 7.11 Å². The number of hydrogen-bond donors (Lipinski definition) is 1. The summed E-state index contributed by atoms with van der Waals surface area (Å²) in [7, 11) is 1.32. The molecule has 0 saturated carbocycles. The van der Waals surface area contributed by atoms with Crippen molar-refractivity contribution in [3.8, 4) is 6.07 Å². The first-order valence-corrected chi connectivity index (χ1v) is 7.00. The molecule has 0 amide bonds. The zero-order chi connectivity index (χ0) is 16.1. The van der Waals surface area contributed by atoms with Crippen molar-refractivity contribution in [3.63, 3.8) is 0 Å². The van der Waals surface area contributed by atoms with Crippen LogP contribution in [0.15, 0.2) is 52.3 Å². The summed E-state index contributed by atoms with van der Waals surface area (Å²) in [6.07, 6.45) is 0. The summed E-state index contributed by atoms with van der Waals surface area (Å²) in [5, 5.41) is 18.0. The van der Waals surface area contributed by atoms with Gasteiger partial charge in [0.15, 0.2) is 0 Å². The number of aromatic carboxylic acids is 1. The molecule has 0 heterocycles. The Morgan fingerprint density at radius 1 is 1.14 bits per heavy atom. The number of carboxylic acids is 1. The van der Waals surface area contributed by atoms with E-state index in [9.17, 15) is 9.59 Å². The quantitative estimate of drug-likeness (QED) is 0.872. The number of methoxy groups -OCH3 is 1. The zero-order valence-electron chi connectivity index (χ0n) is 11.6. The van der Waals surface area contributed by atoms with Crippen LogP contribution in [0.2, 0.25) is 0 Å². The Morgan fingerprint density at radius 2 is 1.77 bits per heavy atom. The summed E-state index contributed by atoms with van der Waals surface area (Å²) >= 11 is 1.37. The fraction of sp³-hybridized carbons (Fsp3) is 0.0625. The maximum Gasteiger partial charge on any atom is 0.337 e. The van der Waals surface area contributed by atoms with Crippen LogP contribution in [-0.4, -0.2) is 24.2 Å². The monoisotopic (exact) mass is 313 g/mol. The molecule has 0 spiro atoms. The van der Waals surface area contributed by atoms with Gasteiger partial charge in [-0.3, -0.25) is 0 Å². The number of benzene rings is 2. The lowest BCUT2D eigenvalue weighted by Crippen LogP contribution is -2.00. The standard InChI is InChI=1S/C16H11NO4S/c1-21-16(20)10-2-4-12(5-3-10)22-13-6-7-14(15(18)19)11(8-13)9-17/h2-8H,1H3,(H,18,19). The Balaban J connectivity index is 2.22. The van der Waals surface area contributed by atoms with Crippen LogP contribution in [0.4, 0.5) is 0 Å². The van der Waals surface area contributed by atoms with Gasteiger partial charge in [0.1, 0.15) is 6.07 Å². The topological polar surface area (TPSA) is 87.4 Å². The number of carbonyl (C=O) groups excluding carboxylic acids is 1. The third-order valence-electron chi connectivity index (χ3n) is 2.85. The maximum atomic E-state index is 11.3. The number of rotatable bonds is 4. The number of carbonyl (C=O) groups is 2. The van der Waals surface area contributed by atoms with Gasteiger partial charge in [0.05, 0.1) is 23.8 Å². The Bertz CT molecular complexity index is 763. The maximum absolute atomic E-state index is 11.3. The van der Waals surface area contributed by atoms with Crippen LogP contribution in [0.25, 0.3) is 0 Å². The van der Waals surface area contributed by atoms with Gasteiger partial charge in [-0.05, 0) is 42.5 Å². The lowest BCUT2D eigenvalue weighted by atomic mass is 10.1. The summed E-state index contributed by atoms with van der Waals surface area (Å²) in [5.41, 5.74) is 0.544. The first-order chi connectivity index (χ1) is 10.5. The molecule has 6 heteroatoms. The zero-order valence-corrected chi connectivity index (χ0v) is 12.4. The van der Waals surface area contributed by atoms with Gasteiger partial charge in [-0.15, -0.1) is 0 Å². The van der Waals surface area contributed by atoms with Crippen molar-refractivity contribution in [2.24, 2.45) is 0 Å². The molecule has 0 fully saturated rings. The lowest BCUT2D eigenvalue weighted by Gasteiger charge is -2.05. The average Bonchev–Trinajstić information content (AvgIpc) is 2.54. The van der Waals surface area contributed by atoms with E-state index in [1.54, 1.807) is 30.3 Å². The first-order valence-electron chi connectivity index (χ1n) is 6.19. The number of hydrogen-bond acceptors (Lipinski definition) is 5. The van der Waals surface area contributed by atoms with Gasteiger partial charge in [-0.1, -0.05) is 11.8 Å². The SMILES string of the molecule is COC(=O)c1ccc(Sc2ccc(C(=O)O)c(C#N)c2)cc1. The molecule has 22 heavy (non-hydrogen) atoms. The number of esters is 1. The van der Waals surface area contributed by atoms with E-state index in [0.29, 0.717) is 5.56 Å². The number of ether oxygens (including phenoxy) is 1. The fourth-order valence-corrected chi connectivity index (χ4v) is 2.64. The van der Waals surface area contributed by atoms with E-state index in [2.05, 4.69) is 4.74 Å². The van der Waals surface area contributed by atoms with Gasteiger partial charge in [-0.2, -0.15) is 5.26 Å². The molecule has 0 aliphatic rings. The Morgan fingerprint density at radius 3 is 2.32 bits per heavy atom. The van der Waals surface area contributed by atoms with Gasteiger partial charge in [0.2, 0.25) is 0 Å². The third-order valence-corrected chi connectivity index (χ3v) is 3.85. The predicted octanol–water partition coefficient (Wildman–Crippen LogP) is 3.19. The summed E-state index contributed by atoms with van der Waals surface area (Å²) in [5.74, 6) is -1.54. The van der Waals surface area contributed by atoms with Crippen molar-refractivity contribution < 1.29 is 19.4 Å². The molecule has 0 bridgehead atoms. The molecule has 0 aliphatic carbocycles. The fourth-order valence-electron chi connectivity index (χ4n) is 1.78. The van der Waals surface area contributed by atoms with E-state index in [4.69, 9.17) is 10.4 Å². The van der Waals surface area contributed by atoms with Gasteiger partial charge >= 0.3 is 11.9 Å². The van der Waals surface area contributed by atoms with Crippen LogP contribution in [0.3, 0.4) is 0 Å². The summed E-state index contributed by atoms with van der Waals surface area (Å²) in [6.45, 7) is 0. The van der Waals surface area contributed by atoms with Crippen LogP contribution >= 0.6 is 11.8 Å². The van der Waals surface area contributed by atoms with Crippen molar-refractivity contribution in [2.45, 2.75) is 9.79 Å². The molecule has 5 nitrogen and oxygen atoms in total. The molecule has 110 valence electrons. The van der Waals surface area contributed by atoms with Crippen molar-refractivity contribution in [1.29, 1.82) is 5.26 Å². The molecular weight excluding hydrogens is 302 g/mol. The molecule has 1 N–H and O–H groups in total. The highest BCUT2D eigenvalue weighted by Gasteiger charge is 2.11. The van der Waals surface area contributed by atoms with Crippen LogP contribution < -0.4 is 0 Å². The van der Waals surface area contributed by atoms with Gasteiger partial charge in [0, 0.05) is 9.79 Å².